The summed E-state index contributed by atoms with van der Waals surface area (Å²) in [6, 6.07) is 4.37. The summed E-state index contributed by atoms with van der Waals surface area (Å²) in [5, 5.41) is 3.43. The first-order valence-corrected chi connectivity index (χ1v) is 8.12. The van der Waals surface area contributed by atoms with E-state index >= 15 is 0 Å². The van der Waals surface area contributed by atoms with Crippen LogP contribution in [0.3, 0.4) is 0 Å². The third-order valence-corrected chi connectivity index (χ3v) is 5.48. The van der Waals surface area contributed by atoms with Gasteiger partial charge >= 0.3 is 0 Å². The summed E-state index contributed by atoms with van der Waals surface area (Å²) in [6.45, 7) is 7.81. The number of carbonyl (C=O) groups is 1. The summed E-state index contributed by atoms with van der Waals surface area (Å²) in [5.74, 6) is 0.662. The van der Waals surface area contributed by atoms with Crippen molar-refractivity contribution in [3.8, 4) is 0 Å². The number of carbonyl (C=O) groups excluding carboxylic acids is 1. The molecular weight excluding hydrogens is 272 g/mol. The molecule has 3 rings (SSSR count). The predicted octanol–water partition coefficient (Wildman–Crippen LogP) is 2.30. The minimum atomic E-state index is -0.104. The number of thiophene rings is 1. The number of ether oxygens (including phenoxy) is 1. The Bertz CT molecular complexity index is 496. The zero-order valence-corrected chi connectivity index (χ0v) is 13.1. The summed E-state index contributed by atoms with van der Waals surface area (Å²) in [5.41, 5.74) is 0. The van der Waals surface area contributed by atoms with E-state index in [9.17, 15) is 4.79 Å². The molecule has 20 heavy (non-hydrogen) atoms. The van der Waals surface area contributed by atoms with Crippen LogP contribution in [0.4, 0.5) is 0 Å². The normalized spacial score (nSPS) is 32.0. The van der Waals surface area contributed by atoms with Crippen molar-refractivity contribution < 1.29 is 9.53 Å². The van der Waals surface area contributed by atoms with Crippen molar-refractivity contribution in [3.63, 3.8) is 0 Å². The Kier molecular flexibility index (Phi) is 3.84. The van der Waals surface area contributed by atoms with Crippen LogP contribution in [-0.4, -0.2) is 36.1 Å². The minimum Gasteiger partial charge on any atom is -0.381 e. The van der Waals surface area contributed by atoms with E-state index in [1.165, 1.54) is 9.75 Å². The van der Waals surface area contributed by atoms with Crippen LogP contribution in [0.1, 0.15) is 36.2 Å². The Labute approximate surface area is 124 Å². The van der Waals surface area contributed by atoms with Gasteiger partial charge in [0.05, 0.1) is 12.6 Å². The number of nitrogens with one attached hydrogen (secondary N) is 1. The predicted molar refractivity (Wildman–Crippen MR) is 79.6 cm³/mol. The molecule has 2 saturated heterocycles. The van der Waals surface area contributed by atoms with E-state index in [2.05, 4.69) is 31.3 Å². The third-order valence-electron chi connectivity index (χ3n) is 4.43. The lowest BCUT2D eigenvalue weighted by atomic mass is 9.98. The standard InChI is InChI=1S/C15H22N2O2S/c1-9-4-5-13(20-9)14-16-10(2)15(18)17(14)11(3)12-6-7-19-8-12/h4-5,10-12,14,16H,6-8H2,1-3H3. The van der Waals surface area contributed by atoms with Crippen molar-refractivity contribution in [2.24, 2.45) is 5.92 Å². The average Bonchev–Trinajstić information content (AvgIpc) is 3.11. The Morgan fingerprint density at radius 1 is 1.50 bits per heavy atom. The molecule has 2 aliphatic rings. The molecule has 1 N–H and O–H groups in total. The van der Waals surface area contributed by atoms with Gasteiger partial charge in [0.15, 0.2) is 0 Å². The maximum atomic E-state index is 12.5. The van der Waals surface area contributed by atoms with Crippen LogP contribution < -0.4 is 5.32 Å². The van der Waals surface area contributed by atoms with Gasteiger partial charge in [-0.3, -0.25) is 10.1 Å². The van der Waals surface area contributed by atoms with Gasteiger partial charge in [-0.25, -0.2) is 0 Å². The summed E-state index contributed by atoms with van der Waals surface area (Å²) >= 11 is 1.77. The van der Waals surface area contributed by atoms with Crippen molar-refractivity contribution in [1.82, 2.24) is 10.2 Å². The number of rotatable bonds is 3. The van der Waals surface area contributed by atoms with Gasteiger partial charge in [-0.2, -0.15) is 0 Å². The van der Waals surface area contributed by atoms with Crippen LogP contribution >= 0.6 is 11.3 Å². The first-order valence-electron chi connectivity index (χ1n) is 7.30. The van der Waals surface area contributed by atoms with E-state index in [-0.39, 0.29) is 24.2 Å². The van der Waals surface area contributed by atoms with Crippen LogP contribution in [0.15, 0.2) is 12.1 Å². The van der Waals surface area contributed by atoms with Crippen LogP contribution in [0.25, 0.3) is 0 Å². The second-order valence-electron chi connectivity index (χ2n) is 5.85. The fraction of sp³-hybridized carbons (Fsp3) is 0.667. The van der Waals surface area contributed by atoms with E-state index in [1.807, 2.05) is 11.8 Å². The molecule has 4 nitrogen and oxygen atoms in total. The highest BCUT2D eigenvalue weighted by Gasteiger charge is 2.43. The molecule has 4 unspecified atom stereocenters. The summed E-state index contributed by atoms with van der Waals surface area (Å²) in [4.78, 5) is 17.1. The lowest BCUT2D eigenvalue weighted by Gasteiger charge is -2.33. The summed E-state index contributed by atoms with van der Waals surface area (Å²) in [6.07, 6.45) is 1.07. The Balaban J connectivity index is 1.86. The quantitative estimate of drug-likeness (QED) is 0.930. The van der Waals surface area contributed by atoms with Crippen molar-refractivity contribution in [2.75, 3.05) is 13.2 Å². The highest BCUT2D eigenvalue weighted by atomic mass is 32.1. The molecule has 110 valence electrons. The Morgan fingerprint density at radius 3 is 2.90 bits per heavy atom. The zero-order chi connectivity index (χ0) is 14.3. The van der Waals surface area contributed by atoms with Gasteiger partial charge < -0.3 is 9.64 Å². The van der Waals surface area contributed by atoms with Gasteiger partial charge in [0.2, 0.25) is 5.91 Å². The number of amides is 1. The maximum Gasteiger partial charge on any atom is 0.241 e. The van der Waals surface area contributed by atoms with Gasteiger partial charge in [0.1, 0.15) is 6.17 Å². The molecule has 0 bridgehead atoms. The second-order valence-corrected chi connectivity index (χ2v) is 7.17. The van der Waals surface area contributed by atoms with E-state index in [1.54, 1.807) is 11.3 Å². The molecule has 5 heteroatoms. The molecule has 0 aromatic carbocycles. The van der Waals surface area contributed by atoms with E-state index in [0.717, 1.165) is 19.6 Å². The van der Waals surface area contributed by atoms with Crippen molar-refractivity contribution in [1.29, 1.82) is 0 Å². The zero-order valence-electron chi connectivity index (χ0n) is 12.3. The molecule has 4 atom stereocenters. The third kappa shape index (κ3) is 2.38. The topological polar surface area (TPSA) is 41.6 Å². The van der Waals surface area contributed by atoms with Crippen molar-refractivity contribution in [2.45, 2.75) is 45.4 Å². The molecule has 1 aromatic heterocycles. The molecule has 2 aliphatic heterocycles. The number of nitrogens with zero attached hydrogens (tertiary/aromatic N) is 1. The molecule has 3 heterocycles. The van der Waals surface area contributed by atoms with Crippen molar-refractivity contribution in [3.05, 3.63) is 21.9 Å². The fourth-order valence-corrected chi connectivity index (χ4v) is 4.09. The first kappa shape index (κ1) is 14.0. The van der Waals surface area contributed by atoms with Gasteiger partial charge in [0.25, 0.3) is 0 Å². The smallest absolute Gasteiger partial charge is 0.241 e. The first-order chi connectivity index (χ1) is 9.58. The Morgan fingerprint density at radius 2 is 2.30 bits per heavy atom. The second kappa shape index (κ2) is 5.47. The molecule has 0 radical (unpaired) electrons. The highest BCUT2D eigenvalue weighted by Crippen LogP contribution is 2.35. The monoisotopic (exact) mass is 294 g/mol. The lowest BCUT2D eigenvalue weighted by Crippen LogP contribution is -2.42. The summed E-state index contributed by atoms with van der Waals surface area (Å²) < 4.78 is 5.49. The average molecular weight is 294 g/mol. The molecule has 1 amide bonds. The number of hydrogen-bond donors (Lipinski definition) is 1. The van der Waals surface area contributed by atoms with Gasteiger partial charge in [-0.05, 0) is 39.3 Å². The lowest BCUT2D eigenvalue weighted by molar-refractivity contribution is -0.132. The molecule has 0 aliphatic carbocycles. The van der Waals surface area contributed by atoms with E-state index in [4.69, 9.17) is 4.74 Å². The van der Waals surface area contributed by atoms with Crippen molar-refractivity contribution >= 4 is 17.2 Å². The van der Waals surface area contributed by atoms with Crippen LogP contribution in [0.5, 0.6) is 0 Å². The number of aryl methyl sites for hydroxylation is 1. The fourth-order valence-electron chi connectivity index (χ4n) is 3.16. The van der Waals surface area contributed by atoms with Gasteiger partial charge in [-0.1, -0.05) is 0 Å². The molecule has 1 aromatic rings. The summed E-state index contributed by atoms with van der Waals surface area (Å²) in [7, 11) is 0. The molecule has 0 saturated carbocycles. The van der Waals surface area contributed by atoms with E-state index in [0.29, 0.717) is 5.92 Å². The maximum absolute atomic E-state index is 12.5. The molecule has 2 fully saturated rings. The SMILES string of the molecule is Cc1ccc(C2NC(C)C(=O)N2C(C)C2CCOC2)s1. The van der Waals surface area contributed by atoms with Crippen LogP contribution in [-0.2, 0) is 9.53 Å². The largest absolute Gasteiger partial charge is 0.381 e. The molecular formula is C15H22N2O2S. The van der Waals surface area contributed by atoms with Crippen LogP contribution in [0.2, 0.25) is 0 Å². The van der Waals surface area contributed by atoms with Crippen LogP contribution in [0, 0.1) is 12.8 Å². The highest BCUT2D eigenvalue weighted by molar-refractivity contribution is 7.12. The molecule has 0 spiro atoms. The van der Waals surface area contributed by atoms with E-state index < -0.39 is 0 Å². The minimum absolute atomic E-state index is 0.0202. The van der Waals surface area contributed by atoms with Gasteiger partial charge in [0, 0.05) is 28.3 Å². The van der Waals surface area contributed by atoms with Gasteiger partial charge in [-0.15, -0.1) is 11.3 Å². The number of hydrogen-bond acceptors (Lipinski definition) is 4. The Hall–Kier alpha value is -0.910.